The number of amides is 2. The van der Waals surface area contributed by atoms with Gasteiger partial charge in [0.25, 0.3) is 0 Å². The minimum absolute atomic E-state index is 0.00950. The molecule has 1 saturated carbocycles. The molecular formula is C18H26ClN3O3S. The van der Waals surface area contributed by atoms with E-state index in [9.17, 15) is 13.2 Å². The molecule has 0 unspecified atom stereocenters. The fourth-order valence-electron chi connectivity index (χ4n) is 3.66. The maximum atomic E-state index is 12.7. The highest BCUT2D eigenvalue weighted by atomic mass is 35.5. The molecule has 2 amide bonds. The van der Waals surface area contributed by atoms with Crippen molar-refractivity contribution in [1.82, 2.24) is 14.9 Å². The van der Waals surface area contributed by atoms with Gasteiger partial charge in [0.05, 0.1) is 4.90 Å². The van der Waals surface area contributed by atoms with E-state index in [0.717, 1.165) is 12.8 Å². The largest absolute Gasteiger partial charge is 0.335 e. The van der Waals surface area contributed by atoms with Crippen molar-refractivity contribution >= 4 is 27.7 Å². The molecule has 2 aliphatic rings. The first-order valence-corrected chi connectivity index (χ1v) is 11.1. The lowest BCUT2D eigenvalue weighted by Gasteiger charge is -2.32. The van der Waals surface area contributed by atoms with E-state index in [2.05, 4.69) is 10.6 Å². The van der Waals surface area contributed by atoms with Crippen LogP contribution < -0.4 is 10.6 Å². The van der Waals surface area contributed by atoms with Crippen LogP contribution in [-0.4, -0.2) is 43.9 Å². The summed E-state index contributed by atoms with van der Waals surface area (Å²) in [5, 5.41) is 6.55. The number of urea groups is 1. The number of benzene rings is 1. The second-order valence-corrected chi connectivity index (χ2v) is 9.46. The molecule has 1 aromatic rings. The second-order valence-electron chi connectivity index (χ2n) is 7.09. The predicted octanol–water partition coefficient (Wildman–Crippen LogP) is 3.13. The average Bonchev–Trinajstić information content (AvgIpc) is 2.63. The molecule has 1 saturated heterocycles. The predicted molar refractivity (Wildman–Crippen MR) is 102 cm³/mol. The fourth-order valence-corrected chi connectivity index (χ4v) is 5.25. The Balaban J connectivity index is 1.49. The van der Waals surface area contributed by atoms with Crippen molar-refractivity contribution < 1.29 is 13.2 Å². The van der Waals surface area contributed by atoms with Gasteiger partial charge in [-0.05, 0) is 49.9 Å². The normalized spacial score (nSPS) is 20.7. The van der Waals surface area contributed by atoms with Crippen LogP contribution in [0, 0.1) is 0 Å². The highest BCUT2D eigenvalue weighted by Crippen LogP contribution is 2.22. The summed E-state index contributed by atoms with van der Waals surface area (Å²) in [7, 11) is -3.51. The molecule has 0 radical (unpaired) electrons. The van der Waals surface area contributed by atoms with Crippen molar-refractivity contribution in [2.45, 2.75) is 61.9 Å². The van der Waals surface area contributed by atoms with E-state index in [0.29, 0.717) is 31.0 Å². The molecule has 26 heavy (non-hydrogen) atoms. The smallest absolute Gasteiger partial charge is 0.315 e. The minimum atomic E-state index is -3.51. The van der Waals surface area contributed by atoms with Gasteiger partial charge >= 0.3 is 6.03 Å². The number of halogens is 1. The Hall–Kier alpha value is -1.31. The van der Waals surface area contributed by atoms with Gasteiger partial charge in [-0.1, -0.05) is 30.9 Å². The number of piperidine rings is 1. The maximum Gasteiger partial charge on any atom is 0.315 e. The maximum absolute atomic E-state index is 12.7. The lowest BCUT2D eigenvalue weighted by atomic mass is 9.96. The van der Waals surface area contributed by atoms with E-state index in [-0.39, 0.29) is 23.0 Å². The van der Waals surface area contributed by atoms with Gasteiger partial charge < -0.3 is 10.6 Å². The Bertz CT molecular complexity index is 710. The molecule has 1 aliphatic heterocycles. The molecule has 3 rings (SSSR count). The summed E-state index contributed by atoms with van der Waals surface area (Å²) >= 11 is 5.83. The summed E-state index contributed by atoms with van der Waals surface area (Å²) in [6.45, 7) is 0.804. The Labute approximate surface area is 160 Å². The van der Waals surface area contributed by atoms with E-state index in [1.807, 2.05) is 0 Å². The zero-order valence-corrected chi connectivity index (χ0v) is 16.4. The molecule has 0 bridgehead atoms. The van der Waals surface area contributed by atoms with Crippen molar-refractivity contribution in [3.05, 3.63) is 29.3 Å². The number of rotatable bonds is 4. The quantitative estimate of drug-likeness (QED) is 0.816. The summed E-state index contributed by atoms with van der Waals surface area (Å²) < 4.78 is 26.8. The standard InChI is InChI=1S/C18H26ClN3O3S/c19-14-6-8-17(9-7-14)26(24,25)22-12-10-16(11-13-22)21-18(23)20-15-4-2-1-3-5-15/h6-9,15-16H,1-5,10-13H2,(H2,20,21,23). The summed E-state index contributed by atoms with van der Waals surface area (Å²) in [5.74, 6) is 0. The van der Waals surface area contributed by atoms with E-state index >= 15 is 0 Å². The van der Waals surface area contributed by atoms with Gasteiger partial charge in [0.2, 0.25) is 10.0 Å². The number of nitrogens with zero attached hydrogens (tertiary/aromatic N) is 1. The van der Waals surface area contributed by atoms with E-state index in [1.165, 1.54) is 35.7 Å². The monoisotopic (exact) mass is 399 g/mol. The fraction of sp³-hybridized carbons (Fsp3) is 0.611. The van der Waals surface area contributed by atoms with Gasteiger partial charge in [-0.15, -0.1) is 0 Å². The molecule has 1 aromatic carbocycles. The Morgan fingerprint density at radius 1 is 0.923 bits per heavy atom. The number of carbonyl (C=O) groups is 1. The zero-order chi connectivity index (χ0) is 18.6. The van der Waals surface area contributed by atoms with Crippen LogP contribution in [0.25, 0.3) is 0 Å². The van der Waals surface area contributed by atoms with Crippen LogP contribution in [0.1, 0.15) is 44.9 Å². The Morgan fingerprint density at radius 3 is 2.04 bits per heavy atom. The summed E-state index contributed by atoms with van der Waals surface area (Å²) in [5.41, 5.74) is 0. The molecule has 0 atom stereocenters. The van der Waals surface area contributed by atoms with Crippen LogP contribution in [-0.2, 0) is 10.0 Å². The minimum Gasteiger partial charge on any atom is -0.335 e. The molecule has 1 aliphatic carbocycles. The summed E-state index contributed by atoms with van der Waals surface area (Å²) in [6.07, 6.45) is 6.92. The van der Waals surface area contributed by atoms with Crippen molar-refractivity contribution in [2.24, 2.45) is 0 Å². The first kappa shape index (κ1) is 19.5. The lowest BCUT2D eigenvalue weighted by Crippen LogP contribution is -2.51. The molecule has 0 aromatic heterocycles. The van der Waals surface area contributed by atoms with Gasteiger partial charge in [-0.3, -0.25) is 0 Å². The molecule has 144 valence electrons. The van der Waals surface area contributed by atoms with Gasteiger partial charge in [0.15, 0.2) is 0 Å². The first-order valence-electron chi connectivity index (χ1n) is 9.28. The third kappa shape index (κ3) is 4.90. The Morgan fingerprint density at radius 2 is 1.46 bits per heavy atom. The van der Waals surface area contributed by atoms with Crippen molar-refractivity contribution in [3.63, 3.8) is 0 Å². The zero-order valence-electron chi connectivity index (χ0n) is 14.8. The van der Waals surface area contributed by atoms with Gasteiger partial charge in [0.1, 0.15) is 0 Å². The van der Waals surface area contributed by atoms with Crippen LogP contribution >= 0.6 is 11.6 Å². The van der Waals surface area contributed by atoms with Crippen molar-refractivity contribution in [1.29, 1.82) is 0 Å². The van der Waals surface area contributed by atoms with Crippen LogP contribution in [0.3, 0.4) is 0 Å². The van der Waals surface area contributed by atoms with Crippen LogP contribution in [0.15, 0.2) is 29.2 Å². The van der Waals surface area contributed by atoms with Gasteiger partial charge in [-0.25, -0.2) is 13.2 Å². The lowest BCUT2D eigenvalue weighted by molar-refractivity contribution is 0.220. The average molecular weight is 400 g/mol. The summed E-state index contributed by atoms with van der Waals surface area (Å²) in [4.78, 5) is 12.4. The highest BCUT2D eigenvalue weighted by Gasteiger charge is 2.30. The number of sulfonamides is 1. The second kappa shape index (κ2) is 8.59. The van der Waals surface area contributed by atoms with Crippen molar-refractivity contribution in [3.8, 4) is 0 Å². The van der Waals surface area contributed by atoms with Crippen LogP contribution in [0.2, 0.25) is 5.02 Å². The SMILES string of the molecule is O=C(NC1CCCCC1)NC1CCN(S(=O)(=O)c2ccc(Cl)cc2)CC1. The molecule has 1 heterocycles. The van der Waals surface area contributed by atoms with Gasteiger partial charge in [-0.2, -0.15) is 4.31 Å². The van der Waals surface area contributed by atoms with Gasteiger partial charge in [0, 0.05) is 30.2 Å². The molecule has 2 fully saturated rings. The van der Waals surface area contributed by atoms with Crippen LogP contribution in [0.4, 0.5) is 4.79 Å². The van der Waals surface area contributed by atoms with E-state index < -0.39 is 10.0 Å². The van der Waals surface area contributed by atoms with E-state index in [1.54, 1.807) is 12.1 Å². The topological polar surface area (TPSA) is 78.5 Å². The number of hydrogen-bond donors (Lipinski definition) is 2. The Kier molecular flexibility index (Phi) is 6.42. The van der Waals surface area contributed by atoms with E-state index in [4.69, 9.17) is 11.6 Å². The molecular weight excluding hydrogens is 374 g/mol. The molecule has 8 heteroatoms. The third-order valence-electron chi connectivity index (χ3n) is 5.18. The number of carbonyl (C=O) groups excluding carboxylic acids is 1. The third-order valence-corrected chi connectivity index (χ3v) is 7.35. The highest BCUT2D eigenvalue weighted by molar-refractivity contribution is 7.89. The molecule has 0 spiro atoms. The number of nitrogens with one attached hydrogen (secondary N) is 2. The van der Waals surface area contributed by atoms with Crippen LogP contribution in [0.5, 0.6) is 0 Å². The first-order chi connectivity index (χ1) is 12.4. The molecule has 6 nitrogen and oxygen atoms in total. The summed E-state index contributed by atoms with van der Waals surface area (Å²) in [6, 6.07) is 6.37. The molecule has 2 N–H and O–H groups in total. The van der Waals surface area contributed by atoms with Crippen molar-refractivity contribution in [2.75, 3.05) is 13.1 Å². The number of hydrogen-bond acceptors (Lipinski definition) is 3.